The van der Waals surface area contributed by atoms with E-state index in [1.807, 2.05) is 38.1 Å². The van der Waals surface area contributed by atoms with Crippen molar-refractivity contribution >= 4 is 38.6 Å². The van der Waals surface area contributed by atoms with E-state index in [0.717, 1.165) is 38.2 Å². The maximum absolute atomic E-state index is 12.5. The van der Waals surface area contributed by atoms with Gasteiger partial charge in [-0.1, -0.05) is 23.0 Å². The molecule has 1 N–H and O–H groups in total. The summed E-state index contributed by atoms with van der Waals surface area (Å²) in [7, 11) is 4.76. The first-order valence-electron chi connectivity index (χ1n) is 11.2. The van der Waals surface area contributed by atoms with Crippen LogP contribution < -0.4 is 19.5 Å². The molecule has 0 saturated heterocycles. The highest BCUT2D eigenvalue weighted by atomic mass is 32.1. The van der Waals surface area contributed by atoms with Crippen molar-refractivity contribution in [1.82, 2.24) is 4.98 Å². The lowest BCUT2D eigenvalue weighted by Gasteiger charge is -2.18. The molecule has 9 heteroatoms. The molecule has 0 fully saturated rings. The lowest BCUT2D eigenvalue weighted by atomic mass is 9.94. The van der Waals surface area contributed by atoms with Crippen LogP contribution in [0.25, 0.3) is 10.2 Å². The second-order valence-electron chi connectivity index (χ2n) is 8.26. The number of allylic oxidation sites excluding steroid dienone is 2. The summed E-state index contributed by atoms with van der Waals surface area (Å²) in [5, 5.41) is 3.45. The van der Waals surface area contributed by atoms with Crippen molar-refractivity contribution in [3.8, 4) is 17.2 Å². The lowest BCUT2D eigenvalue weighted by molar-refractivity contribution is -0.116. The van der Waals surface area contributed by atoms with E-state index in [1.54, 1.807) is 21.3 Å². The number of aromatic nitrogens is 1. The highest BCUT2D eigenvalue weighted by Gasteiger charge is 2.32. The van der Waals surface area contributed by atoms with Crippen LogP contribution in [0.15, 0.2) is 29.8 Å². The molecule has 2 heterocycles. The number of nitrogens with one attached hydrogen (secondary N) is 1. The van der Waals surface area contributed by atoms with E-state index >= 15 is 0 Å². The van der Waals surface area contributed by atoms with Gasteiger partial charge in [0.2, 0.25) is 5.91 Å². The Kier molecular flexibility index (Phi) is 7.25. The second kappa shape index (κ2) is 10.4. The smallest absolute Gasteiger partial charge is 0.342 e. The van der Waals surface area contributed by atoms with Crippen LogP contribution in [0.3, 0.4) is 0 Å². The first-order chi connectivity index (χ1) is 16.9. The number of anilines is 1. The average molecular weight is 497 g/mol. The molecule has 35 heavy (non-hydrogen) atoms. The summed E-state index contributed by atoms with van der Waals surface area (Å²) in [6.07, 6.45) is 3.44. The summed E-state index contributed by atoms with van der Waals surface area (Å²) in [6, 6.07) is 5.62. The first-order valence-corrected chi connectivity index (χ1v) is 12.0. The van der Waals surface area contributed by atoms with Crippen molar-refractivity contribution in [2.24, 2.45) is 0 Å². The van der Waals surface area contributed by atoms with Crippen LogP contribution in [0.4, 0.5) is 5.13 Å². The van der Waals surface area contributed by atoms with E-state index < -0.39 is 0 Å². The van der Waals surface area contributed by atoms with Gasteiger partial charge in [-0.05, 0) is 50.5 Å². The summed E-state index contributed by atoms with van der Waals surface area (Å²) in [5.41, 5.74) is 4.80. The highest BCUT2D eigenvalue weighted by molar-refractivity contribution is 7.22. The quantitative estimate of drug-likeness (QED) is 0.321. The topological polar surface area (TPSA) is 96.0 Å². The Morgan fingerprint density at radius 1 is 1.17 bits per heavy atom. The third kappa shape index (κ3) is 4.95. The number of benzene rings is 2. The number of ether oxygens (including phenoxy) is 4. The van der Waals surface area contributed by atoms with E-state index in [0.29, 0.717) is 41.5 Å². The molecule has 3 aromatic rings. The maximum atomic E-state index is 12.5. The van der Waals surface area contributed by atoms with Crippen molar-refractivity contribution < 1.29 is 28.5 Å². The largest absolute Gasteiger partial charge is 0.497 e. The van der Waals surface area contributed by atoms with Gasteiger partial charge in [0.1, 0.15) is 29.4 Å². The number of cyclic esters (lactones) is 1. The van der Waals surface area contributed by atoms with Crippen molar-refractivity contribution in [2.75, 3.05) is 26.6 Å². The minimum atomic E-state index is -0.380. The number of fused-ring (bicyclic) bond motifs is 2. The summed E-state index contributed by atoms with van der Waals surface area (Å²) >= 11 is 1.41. The number of carbonyl (C=O) groups excluding carboxylic acids is 2. The van der Waals surface area contributed by atoms with Gasteiger partial charge in [-0.25, -0.2) is 9.78 Å². The third-order valence-electron chi connectivity index (χ3n) is 6.07. The van der Waals surface area contributed by atoms with Gasteiger partial charge in [-0.15, -0.1) is 0 Å². The van der Waals surface area contributed by atoms with E-state index in [4.69, 9.17) is 18.9 Å². The number of methoxy groups -OCH3 is 3. The number of nitrogens with zero attached hydrogens (tertiary/aromatic N) is 1. The molecule has 1 aromatic heterocycles. The zero-order valence-corrected chi connectivity index (χ0v) is 21.3. The van der Waals surface area contributed by atoms with Gasteiger partial charge in [0.25, 0.3) is 0 Å². The van der Waals surface area contributed by atoms with Gasteiger partial charge in [-0.2, -0.15) is 0 Å². The number of hydrogen-bond donors (Lipinski definition) is 1. The van der Waals surface area contributed by atoms with Crippen LogP contribution in [0.2, 0.25) is 0 Å². The van der Waals surface area contributed by atoms with Gasteiger partial charge in [0, 0.05) is 17.5 Å². The van der Waals surface area contributed by atoms with Crippen LogP contribution >= 0.6 is 11.3 Å². The van der Waals surface area contributed by atoms with Crippen LogP contribution in [0, 0.1) is 6.92 Å². The number of esters is 1. The molecule has 0 unspecified atom stereocenters. The molecule has 0 atom stereocenters. The van der Waals surface area contributed by atoms with Crippen LogP contribution in [-0.2, 0) is 22.6 Å². The van der Waals surface area contributed by atoms with E-state index in [1.165, 1.54) is 11.3 Å². The summed E-state index contributed by atoms with van der Waals surface area (Å²) in [4.78, 5) is 29.3. The Hall–Kier alpha value is -3.59. The minimum absolute atomic E-state index is 0.102. The molecule has 1 amide bonds. The monoisotopic (exact) mass is 496 g/mol. The Morgan fingerprint density at radius 3 is 2.66 bits per heavy atom. The summed E-state index contributed by atoms with van der Waals surface area (Å²) < 4.78 is 22.7. The molecule has 0 aliphatic carbocycles. The van der Waals surface area contributed by atoms with Gasteiger partial charge in [0.05, 0.1) is 31.5 Å². The van der Waals surface area contributed by atoms with Crippen LogP contribution in [-0.4, -0.2) is 38.2 Å². The fourth-order valence-corrected chi connectivity index (χ4v) is 5.10. The Labute approximate surface area is 207 Å². The normalized spacial score (nSPS) is 12.9. The number of hydrogen-bond acceptors (Lipinski definition) is 8. The van der Waals surface area contributed by atoms with E-state index in [2.05, 4.69) is 10.3 Å². The van der Waals surface area contributed by atoms with Crippen molar-refractivity contribution in [3.63, 3.8) is 0 Å². The molecular formula is C26H28N2O6S. The fraction of sp³-hybridized carbons (Fsp3) is 0.346. The Balaban J connectivity index is 1.43. The molecular weight excluding hydrogens is 468 g/mol. The Morgan fingerprint density at radius 2 is 1.94 bits per heavy atom. The number of thiazole rings is 1. The fourth-order valence-electron chi connectivity index (χ4n) is 4.19. The van der Waals surface area contributed by atoms with Crippen molar-refractivity contribution in [2.45, 2.75) is 39.7 Å². The molecule has 2 aromatic carbocycles. The van der Waals surface area contributed by atoms with E-state index in [-0.39, 0.29) is 18.5 Å². The average Bonchev–Trinajstić information content (AvgIpc) is 3.44. The van der Waals surface area contributed by atoms with Gasteiger partial charge >= 0.3 is 5.97 Å². The van der Waals surface area contributed by atoms with Crippen LogP contribution in [0.5, 0.6) is 17.2 Å². The van der Waals surface area contributed by atoms with Crippen molar-refractivity contribution in [1.29, 1.82) is 0 Å². The van der Waals surface area contributed by atoms with Gasteiger partial charge < -0.3 is 24.3 Å². The first kappa shape index (κ1) is 24.5. The molecule has 4 rings (SSSR count). The molecule has 0 spiro atoms. The van der Waals surface area contributed by atoms with Gasteiger partial charge in [0.15, 0.2) is 5.13 Å². The zero-order valence-electron chi connectivity index (χ0n) is 20.4. The predicted octanol–water partition coefficient (Wildman–Crippen LogP) is 5.21. The zero-order chi connectivity index (χ0) is 25.1. The summed E-state index contributed by atoms with van der Waals surface area (Å²) in [5.74, 6) is 1.44. The molecule has 0 radical (unpaired) electrons. The molecule has 1 aliphatic heterocycles. The SMILES string of the molecule is COc1ccc2nc(NC(=O)CC/C(C)=C/Cc3c(OC)c(C)c4c(c3OC)C(=O)OC4)sc2c1. The second-order valence-corrected chi connectivity index (χ2v) is 9.29. The third-order valence-corrected chi connectivity index (χ3v) is 7.01. The molecule has 184 valence electrons. The highest BCUT2D eigenvalue weighted by Crippen LogP contribution is 2.42. The molecule has 0 saturated carbocycles. The molecule has 0 bridgehead atoms. The Bertz CT molecular complexity index is 1330. The molecule has 1 aliphatic rings. The van der Waals surface area contributed by atoms with E-state index in [9.17, 15) is 9.59 Å². The predicted molar refractivity (Wildman–Crippen MR) is 135 cm³/mol. The maximum Gasteiger partial charge on any atom is 0.342 e. The number of rotatable bonds is 9. The lowest BCUT2D eigenvalue weighted by Crippen LogP contribution is -2.11. The van der Waals surface area contributed by atoms with Gasteiger partial charge in [-0.3, -0.25) is 4.79 Å². The van der Waals surface area contributed by atoms with Crippen molar-refractivity contribution in [3.05, 3.63) is 52.1 Å². The standard InChI is InChI=1S/C26H28N2O6S/c1-14(7-11-21(29)28-26-27-19-10-8-16(31-3)12-20(19)35-26)6-9-17-23(32-4)15(2)18-13-34-25(30)22(18)24(17)33-5/h6,8,10,12H,7,9,11,13H2,1-5H3,(H,27,28,29)/b14-6+. The number of carbonyl (C=O) groups is 2. The van der Waals surface area contributed by atoms with Crippen LogP contribution in [0.1, 0.15) is 46.8 Å². The summed E-state index contributed by atoms with van der Waals surface area (Å²) in [6.45, 7) is 4.12. The molecule has 8 nitrogen and oxygen atoms in total. The minimum Gasteiger partial charge on any atom is -0.497 e. The number of amides is 1.